The number of piperidine rings is 2. The van der Waals surface area contributed by atoms with Gasteiger partial charge in [-0.3, -0.25) is 4.90 Å². The molecule has 1 aromatic rings. The molecule has 132 valence electrons. The molecule has 3 atom stereocenters. The third kappa shape index (κ3) is 2.65. The van der Waals surface area contributed by atoms with Crippen molar-refractivity contribution in [1.82, 2.24) is 9.21 Å². The van der Waals surface area contributed by atoms with Crippen molar-refractivity contribution in [3.8, 4) is 5.75 Å². The molecular weight excluding hydrogens is 324 g/mol. The minimum Gasteiger partial charge on any atom is -0.496 e. The Hall–Kier alpha value is -1.11. The highest BCUT2D eigenvalue weighted by Gasteiger charge is 2.45. The van der Waals surface area contributed by atoms with Crippen molar-refractivity contribution in [3.05, 3.63) is 29.3 Å². The number of sulfonamides is 1. The zero-order chi connectivity index (χ0) is 16.9. The summed E-state index contributed by atoms with van der Waals surface area (Å²) < 4.78 is 31.8. The van der Waals surface area contributed by atoms with Crippen LogP contribution in [-0.2, 0) is 16.4 Å². The van der Waals surface area contributed by atoms with E-state index in [1.165, 1.54) is 17.4 Å². The molecule has 0 bridgehead atoms. The largest absolute Gasteiger partial charge is 0.496 e. The lowest BCUT2D eigenvalue weighted by Gasteiger charge is -2.51. The lowest BCUT2D eigenvalue weighted by molar-refractivity contribution is 0.0219. The molecule has 0 saturated carbocycles. The fourth-order valence-electron chi connectivity index (χ4n) is 5.02. The first-order chi connectivity index (χ1) is 11.5. The predicted molar refractivity (Wildman–Crippen MR) is 93.7 cm³/mol. The van der Waals surface area contributed by atoms with Gasteiger partial charge in [0.15, 0.2) is 0 Å². The topological polar surface area (TPSA) is 49.9 Å². The highest BCUT2D eigenvalue weighted by atomic mass is 32.2. The van der Waals surface area contributed by atoms with Crippen LogP contribution in [0.4, 0.5) is 0 Å². The summed E-state index contributed by atoms with van der Waals surface area (Å²) in [6, 6.07) is 6.74. The second-order valence-electron chi connectivity index (χ2n) is 7.37. The number of nitrogens with zero attached hydrogens (tertiary/aromatic N) is 2. The van der Waals surface area contributed by atoms with Crippen LogP contribution in [0.15, 0.2) is 18.2 Å². The molecule has 0 spiro atoms. The molecule has 24 heavy (non-hydrogen) atoms. The van der Waals surface area contributed by atoms with E-state index in [0.29, 0.717) is 18.5 Å². The first-order valence-corrected chi connectivity index (χ1v) is 10.7. The number of fused-ring (bicyclic) bond motifs is 4. The molecule has 0 unspecified atom stereocenters. The quantitative estimate of drug-likeness (QED) is 0.819. The Kier molecular flexibility index (Phi) is 4.09. The maximum Gasteiger partial charge on any atom is 0.211 e. The summed E-state index contributed by atoms with van der Waals surface area (Å²) in [5, 5.41) is 0. The minimum atomic E-state index is -3.13. The Morgan fingerprint density at radius 2 is 2.08 bits per heavy atom. The van der Waals surface area contributed by atoms with Crippen LogP contribution in [0.1, 0.15) is 36.4 Å². The number of hydrogen-bond acceptors (Lipinski definition) is 4. The average Bonchev–Trinajstić information content (AvgIpc) is 2.57. The van der Waals surface area contributed by atoms with Crippen molar-refractivity contribution >= 4 is 10.0 Å². The summed E-state index contributed by atoms with van der Waals surface area (Å²) in [6.45, 7) is 2.73. The van der Waals surface area contributed by atoms with E-state index >= 15 is 0 Å². The van der Waals surface area contributed by atoms with Crippen molar-refractivity contribution in [3.63, 3.8) is 0 Å². The number of benzene rings is 1. The van der Waals surface area contributed by atoms with Crippen molar-refractivity contribution < 1.29 is 13.2 Å². The van der Waals surface area contributed by atoms with E-state index < -0.39 is 10.0 Å². The molecule has 4 rings (SSSR count). The maximum absolute atomic E-state index is 12.2. The predicted octanol–water partition coefficient (Wildman–Crippen LogP) is 2.04. The summed E-state index contributed by atoms with van der Waals surface area (Å²) in [5.41, 5.74) is 2.64. The lowest BCUT2D eigenvalue weighted by atomic mass is 9.77. The number of ether oxygens (including phenoxy) is 1. The second kappa shape index (κ2) is 6.00. The summed E-state index contributed by atoms with van der Waals surface area (Å²) in [6.07, 6.45) is 5.41. The van der Waals surface area contributed by atoms with Gasteiger partial charge in [0, 0.05) is 37.3 Å². The highest BCUT2D eigenvalue weighted by molar-refractivity contribution is 7.88. The normalized spacial score (nSPS) is 31.0. The van der Waals surface area contributed by atoms with Gasteiger partial charge in [-0.2, -0.15) is 4.31 Å². The zero-order valence-corrected chi connectivity index (χ0v) is 15.3. The third-order valence-electron chi connectivity index (χ3n) is 6.07. The van der Waals surface area contributed by atoms with Gasteiger partial charge in [-0.15, -0.1) is 0 Å². The standard InChI is InChI=1S/C18H26N2O3S/c1-23-18-7-3-6-14-15(18)8-10-19-12-13-5-4-9-20(24(2,21)22)16(13)11-17(14)19/h3,6-7,13,16-17H,4-5,8-12H2,1-2H3/t13-,16+,17-/m1/s1. The first-order valence-electron chi connectivity index (χ1n) is 8.85. The van der Waals surface area contributed by atoms with Crippen LogP contribution in [-0.4, -0.2) is 56.7 Å². The molecule has 0 aliphatic carbocycles. The summed E-state index contributed by atoms with van der Waals surface area (Å²) in [4.78, 5) is 2.56. The maximum atomic E-state index is 12.2. The van der Waals surface area contributed by atoms with Gasteiger partial charge in [-0.05, 0) is 43.2 Å². The van der Waals surface area contributed by atoms with Crippen LogP contribution in [0.5, 0.6) is 5.75 Å². The Morgan fingerprint density at radius 3 is 2.83 bits per heavy atom. The molecule has 5 nitrogen and oxygen atoms in total. The lowest BCUT2D eigenvalue weighted by Crippen LogP contribution is -2.57. The Bertz CT molecular complexity index is 734. The molecule has 0 aromatic heterocycles. The van der Waals surface area contributed by atoms with Gasteiger partial charge in [0.2, 0.25) is 10.0 Å². The van der Waals surface area contributed by atoms with E-state index in [2.05, 4.69) is 17.0 Å². The SMILES string of the molecule is COc1cccc2c1CCN1C[C@H]3CCCN(S(C)(=O)=O)[C@H]3C[C@H]21. The summed E-state index contributed by atoms with van der Waals surface area (Å²) in [7, 11) is -1.41. The van der Waals surface area contributed by atoms with Crippen LogP contribution in [0.2, 0.25) is 0 Å². The van der Waals surface area contributed by atoms with Crippen molar-refractivity contribution in [2.75, 3.05) is 33.0 Å². The van der Waals surface area contributed by atoms with Gasteiger partial charge < -0.3 is 4.74 Å². The molecule has 3 aliphatic heterocycles. The molecule has 2 fully saturated rings. The molecule has 2 saturated heterocycles. The summed E-state index contributed by atoms with van der Waals surface area (Å²) >= 11 is 0. The Balaban J connectivity index is 1.69. The fourth-order valence-corrected chi connectivity index (χ4v) is 6.23. The van der Waals surface area contributed by atoms with Crippen molar-refractivity contribution in [1.29, 1.82) is 0 Å². The monoisotopic (exact) mass is 350 g/mol. The molecular formula is C18H26N2O3S. The summed E-state index contributed by atoms with van der Waals surface area (Å²) in [5.74, 6) is 1.44. The van der Waals surface area contributed by atoms with Crippen LogP contribution in [0, 0.1) is 5.92 Å². The van der Waals surface area contributed by atoms with Gasteiger partial charge in [0.1, 0.15) is 5.75 Å². The van der Waals surface area contributed by atoms with E-state index in [0.717, 1.165) is 44.5 Å². The molecule has 6 heteroatoms. The molecule has 3 aliphatic rings. The number of methoxy groups -OCH3 is 1. The molecule has 0 N–H and O–H groups in total. The number of hydrogen-bond donors (Lipinski definition) is 0. The third-order valence-corrected chi connectivity index (χ3v) is 7.37. The smallest absolute Gasteiger partial charge is 0.211 e. The average molecular weight is 350 g/mol. The van der Waals surface area contributed by atoms with Crippen LogP contribution in [0.25, 0.3) is 0 Å². The van der Waals surface area contributed by atoms with Crippen molar-refractivity contribution in [2.24, 2.45) is 5.92 Å². The van der Waals surface area contributed by atoms with Gasteiger partial charge in [0.05, 0.1) is 13.4 Å². The molecule has 0 amide bonds. The van der Waals surface area contributed by atoms with E-state index in [1.54, 1.807) is 11.4 Å². The van der Waals surface area contributed by atoms with E-state index in [-0.39, 0.29) is 6.04 Å². The van der Waals surface area contributed by atoms with Crippen LogP contribution < -0.4 is 4.74 Å². The molecule has 0 radical (unpaired) electrons. The minimum absolute atomic E-state index is 0.146. The Morgan fingerprint density at radius 1 is 1.25 bits per heavy atom. The molecule has 1 aromatic carbocycles. The second-order valence-corrected chi connectivity index (χ2v) is 9.30. The fraction of sp³-hybridized carbons (Fsp3) is 0.667. The highest BCUT2D eigenvalue weighted by Crippen LogP contribution is 2.44. The van der Waals surface area contributed by atoms with Gasteiger partial charge in [-0.1, -0.05) is 12.1 Å². The van der Waals surface area contributed by atoms with Gasteiger partial charge in [0.25, 0.3) is 0 Å². The van der Waals surface area contributed by atoms with E-state index in [4.69, 9.17) is 4.74 Å². The van der Waals surface area contributed by atoms with Gasteiger partial charge in [-0.25, -0.2) is 8.42 Å². The zero-order valence-electron chi connectivity index (χ0n) is 14.4. The van der Waals surface area contributed by atoms with E-state index in [9.17, 15) is 8.42 Å². The van der Waals surface area contributed by atoms with Gasteiger partial charge >= 0.3 is 0 Å². The number of rotatable bonds is 2. The van der Waals surface area contributed by atoms with Crippen LogP contribution >= 0.6 is 0 Å². The van der Waals surface area contributed by atoms with Crippen LogP contribution in [0.3, 0.4) is 0 Å². The van der Waals surface area contributed by atoms with E-state index in [1.807, 2.05) is 6.07 Å². The van der Waals surface area contributed by atoms with Crippen molar-refractivity contribution in [2.45, 2.75) is 37.8 Å². The Labute approximate surface area is 144 Å². The molecule has 3 heterocycles. The first kappa shape index (κ1) is 16.4.